The third-order valence-electron chi connectivity index (χ3n) is 1.86. The Bertz CT molecular complexity index is 537. The molecule has 0 spiro atoms. The van der Waals surface area contributed by atoms with Crippen LogP contribution in [0.1, 0.15) is 10.5 Å². The molecule has 78 valence electrons. The summed E-state index contributed by atoms with van der Waals surface area (Å²) in [5.74, 6) is -0.534. The number of rotatable bonds is 2. The Kier molecular flexibility index (Phi) is 2.31. The molecule has 6 nitrogen and oxygen atoms in total. The number of hydrogen-bond acceptors (Lipinski definition) is 4. The summed E-state index contributed by atoms with van der Waals surface area (Å²) in [5, 5.41) is 11.6. The van der Waals surface area contributed by atoms with E-state index in [1.807, 2.05) is 0 Å². The molecule has 0 aromatic carbocycles. The van der Waals surface area contributed by atoms with Crippen molar-refractivity contribution in [1.29, 1.82) is 0 Å². The minimum absolute atomic E-state index is 0.00796. The number of nitrogens with zero attached hydrogens (tertiary/aromatic N) is 3. The predicted octanol–water partition coefficient (Wildman–Crippen LogP) is 1.23. The van der Waals surface area contributed by atoms with E-state index < -0.39 is 5.97 Å². The van der Waals surface area contributed by atoms with E-state index in [9.17, 15) is 4.79 Å². The molecule has 2 rings (SSSR count). The highest BCUT2D eigenvalue weighted by Gasteiger charge is 2.12. The molecule has 0 aliphatic heterocycles. The Morgan fingerprint density at radius 1 is 1.53 bits per heavy atom. The maximum atomic E-state index is 10.7. The number of fused-ring (bicyclic) bond motifs is 1. The molecule has 0 aliphatic carbocycles. The average molecular weight is 271 g/mol. The van der Waals surface area contributed by atoms with Gasteiger partial charge in [0.1, 0.15) is 4.60 Å². The van der Waals surface area contributed by atoms with Crippen molar-refractivity contribution in [3.05, 3.63) is 22.7 Å². The lowest BCUT2D eigenvalue weighted by Crippen LogP contribution is -1.98. The Balaban J connectivity index is 2.74. The van der Waals surface area contributed by atoms with E-state index in [0.29, 0.717) is 16.1 Å². The Hall–Kier alpha value is -1.63. The quantitative estimate of drug-likeness (QED) is 0.858. The topological polar surface area (TPSA) is 79.5 Å². The number of carboxylic acid groups (broad SMARTS) is 1. The van der Waals surface area contributed by atoms with Gasteiger partial charge in [-0.15, -0.1) is 0 Å². The molecule has 0 radical (unpaired) electrons. The second-order valence-electron chi connectivity index (χ2n) is 2.82. The third-order valence-corrected chi connectivity index (χ3v) is 2.25. The van der Waals surface area contributed by atoms with Crippen LogP contribution in [0.5, 0.6) is 0 Å². The zero-order chi connectivity index (χ0) is 11.0. The second-order valence-corrected chi connectivity index (χ2v) is 3.64. The van der Waals surface area contributed by atoms with E-state index in [1.165, 1.54) is 6.20 Å². The average Bonchev–Trinajstić information content (AvgIpc) is 2.59. The molecule has 15 heavy (non-hydrogen) atoms. The molecule has 0 unspecified atom stereocenters. The fourth-order valence-electron chi connectivity index (χ4n) is 1.24. The predicted molar refractivity (Wildman–Crippen MR) is 57.2 cm³/mol. The van der Waals surface area contributed by atoms with Gasteiger partial charge in [0.2, 0.25) is 0 Å². The van der Waals surface area contributed by atoms with Gasteiger partial charge in [0.15, 0.2) is 17.2 Å². The molecule has 7 heteroatoms. The maximum Gasteiger partial charge on any atom is 0.356 e. The lowest BCUT2D eigenvalue weighted by atomic mass is 10.5. The minimum Gasteiger partial charge on any atom is -0.476 e. The summed E-state index contributed by atoms with van der Waals surface area (Å²) in [5.41, 5.74) is 0.476. The summed E-state index contributed by atoms with van der Waals surface area (Å²) >= 11 is 3.22. The second kappa shape index (κ2) is 3.50. The van der Waals surface area contributed by atoms with Gasteiger partial charge in [-0.1, -0.05) is 0 Å². The first-order valence-electron chi connectivity index (χ1n) is 4.08. The number of nitrogens with one attached hydrogen (secondary N) is 1. The van der Waals surface area contributed by atoms with Gasteiger partial charge >= 0.3 is 5.97 Å². The zero-order valence-electron chi connectivity index (χ0n) is 7.73. The van der Waals surface area contributed by atoms with Crippen LogP contribution in [-0.4, -0.2) is 32.5 Å². The molecular weight excluding hydrogens is 264 g/mol. The van der Waals surface area contributed by atoms with E-state index in [0.717, 1.165) is 0 Å². The van der Waals surface area contributed by atoms with Crippen molar-refractivity contribution in [1.82, 2.24) is 14.4 Å². The Morgan fingerprint density at radius 3 is 2.87 bits per heavy atom. The lowest BCUT2D eigenvalue weighted by Gasteiger charge is -2.01. The summed E-state index contributed by atoms with van der Waals surface area (Å²) < 4.78 is 2.21. The van der Waals surface area contributed by atoms with Gasteiger partial charge in [-0.25, -0.2) is 14.8 Å². The summed E-state index contributed by atoms with van der Waals surface area (Å²) in [7, 11) is 1.70. The number of anilines is 1. The van der Waals surface area contributed by atoms with Crippen LogP contribution >= 0.6 is 15.9 Å². The fourth-order valence-corrected chi connectivity index (χ4v) is 1.64. The first-order chi connectivity index (χ1) is 7.11. The molecule has 0 amide bonds. The van der Waals surface area contributed by atoms with Crippen LogP contribution in [-0.2, 0) is 0 Å². The van der Waals surface area contributed by atoms with Crippen molar-refractivity contribution in [3.63, 3.8) is 0 Å². The van der Waals surface area contributed by atoms with Crippen LogP contribution in [0.15, 0.2) is 17.0 Å². The molecule has 0 fully saturated rings. The van der Waals surface area contributed by atoms with Gasteiger partial charge in [0, 0.05) is 19.4 Å². The Morgan fingerprint density at radius 2 is 2.27 bits per heavy atom. The van der Waals surface area contributed by atoms with Gasteiger partial charge in [-0.05, 0) is 15.9 Å². The van der Waals surface area contributed by atoms with E-state index in [4.69, 9.17) is 5.11 Å². The van der Waals surface area contributed by atoms with Crippen LogP contribution in [0.4, 0.5) is 5.82 Å². The fraction of sp³-hybridized carbons (Fsp3) is 0.125. The number of imidazole rings is 1. The molecule has 2 heterocycles. The van der Waals surface area contributed by atoms with Crippen LogP contribution in [0.3, 0.4) is 0 Å². The zero-order valence-corrected chi connectivity index (χ0v) is 9.32. The molecule has 0 atom stereocenters. The molecular formula is C8H7BrN4O2. The first-order valence-corrected chi connectivity index (χ1v) is 4.87. The number of aromatic nitrogens is 3. The minimum atomic E-state index is -1.06. The van der Waals surface area contributed by atoms with Gasteiger partial charge in [-0.3, -0.25) is 0 Å². The summed E-state index contributed by atoms with van der Waals surface area (Å²) in [4.78, 5) is 18.8. The first kappa shape index (κ1) is 9.91. The van der Waals surface area contributed by atoms with Crippen molar-refractivity contribution in [2.75, 3.05) is 12.4 Å². The SMILES string of the molecule is CNc1nc(Br)cn2cc(C(=O)O)nc12. The van der Waals surface area contributed by atoms with Crippen molar-refractivity contribution in [2.45, 2.75) is 0 Å². The van der Waals surface area contributed by atoms with Crippen LogP contribution in [0, 0.1) is 0 Å². The lowest BCUT2D eigenvalue weighted by molar-refractivity contribution is 0.0691. The summed E-state index contributed by atoms with van der Waals surface area (Å²) in [6, 6.07) is 0. The standard InChI is InChI=1S/C8H7BrN4O2/c1-10-6-7-11-4(8(14)15)2-13(7)3-5(9)12-6/h2-3H,1H3,(H,10,12)(H,14,15). The van der Waals surface area contributed by atoms with Crippen molar-refractivity contribution in [3.8, 4) is 0 Å². The number of hydrogen-bond donors (Lipinski definition) is 2. The number of aromatic carboxylic acids is 1. The van der Waals surface area contributed by atoms with Crippen LogP contribution in [0.25, 0.3) is 5.65 Å². The van der Waals surface area contributed by atoms with Gasteiger partial charge in [-0.2, -0.15) is 0 Å². The molecule has 2 aromatic heterocycles. The normalized spacial score (nSPS) is 10.5. The maximum absolute atomic E-state index is 10.7. The molecule has 0 bridgehead atoms. The van der Waals surface area contributed by atoms with E-state index in [-0.39, 0.29) is 5.69 Å². The number of carboxylic acids is 1. The number of halogens is 1. The smallest absolute Gasteiger partial charge is 0.356 e. The summed E-state index contributed by atoms with van der Waals surface area (Å²) in [6.07, 6.45) is 3.08. The van der Waals surface area contributed by atoms with Gasteiger partial charge in [0.25, 0.3) is 0 Å². The van der Waals surface area contributed by atoms with E-state index in [1.54, 1.807) is 17.6 Å². The summed E-state index contributed by atoms with van der Waals surface area (Å²) in [6.45, 7) is 0. The van der Waals surface area contributed by atoms with E-state index in [2.05, 4.69) is 31.2 Å². The highest BCUT2D eigenvalue weighted by molar-refractivity contribution is 9.10. The number of carbonyl (C=O) groups is 1. The molecule has 2 N–H and O–H groups in total. The highest BCUT2D eigenvalue weighted by atomic mass is 79.9. The Labute approximate surface area is 93.1 Å². The van der Waals surface area contributed by atoms with Crippen molar-refractivity contribution < 1.29 is 9.90 Å². The molecule has 0 saturated heterocycles. The monoisotopic (exact) mass is 270 g/mol. The van der Waals surface area contributed by atoms with Gasteiger partial charge < -0.3 is 14.8 Å². The van der Waals surface area contributed by atoms with Crippen LogP contribution in [0.2, 0.25) is 0 Å². The van der Waals surface area contributed by atoms with Crippen molar-refractivity contribution >= 4 is 33.4 Å². The largest absolute Gasteiger partial charge is 0.476 e. The highest BCUT2D eigenvalue weighted by Crippen LogP contribution is 2.17. The molecule has 2 aromatic rings. The molecule has 0 saturated carbocycles. The molecule has 0 aliphatic rings. The van der Waals surface area contributed by atoms with Crippen molar-refractivity contribution in [2.24, 2.45) is 0 Å². The third kappa shape index (κ3) is 1.65. The van der Waals surface area contributed by atoms with Gasteiger partial charge in [0.05, 0.1) is 0 Å². The van der Waals surface area contributed by atoms with E-state index >= 15 is 0 Å². The van der Waals surface area contributed by atoms with Crippen LogP contribution < -0.4 is 5.32 Å².